The minimum absolute atomic E-state index is 0.583. The Kier molecular flexibility index (Phi) is 5.37. The second-order valence-corrected chi connectivity index (χ2v) is 6.41. The van der Waals surface area contributed by atoms with E-state index >= 15 is 0 Å². The maximum atomic E-state index is 5.03. The number of epoxide rings is 1. The lowest BCUT2D eigenvalue weighted by atomic mass is 10.6. The Balaban J connectivity index is 0.000000144. The van der Waals surface area contributed by atoms with Crippen molar-refractivity contribution in [2.24, 2.45) is 0 Å². The van der Waals surface area contributed by atoms with Crippen molar-refractivity contribution in [3.05, 3.63) is 0 Å². The summed E-state index contributed by atoms with van der Waals surface area (Å²) >= 11 is 0. The summed E-state index contributed by atoms with van der Waals surface area (Å²) in [5, 5.41) is 0. The second kappa shape index (κ2) is 5.16. The van der Waals surface area contributed by atoms with Gasteiger partial charge in [-0.25, -0.2) is 0 Å². The first kappa shape index (κ1) is 9.35. The Hall–Kier alpha value is 0.354. The van der Waals surface area contributed by atoms with Crippen LogP contribution in [0.2, 0.25) is 13.1 Å². The highest BCUT2D eigenvalue weighted by Crippen LogP contribution is 2.04. The molecular weight excluding hydrogens is 148 g/mol. The monoisotopic (exact) mass is 164 g/mol. The summed E-state index contributed by atoms with van der Waals surface area (Å²) in [5.41, 5.74) is 0. The van der Waals surface area contributed by atoms with E-state index in [0.717, 1.165) is 17.1 Å². The minimum Gasteiger partial charge on any atom is -0.466 e. The van der Waals surface area contributed by atoms with Crippen LogP contribution in [0.1, 0.15) is 6.92 Å². The summed E-state index contributed by atoms with van der Waals surface area (Å²) in [6, 6.07) is 0. The van der Waals surface area contributed by atoms with Crippen LogP contribution in [0.15, 0.2) is 0 Å². The topological polar surface area (TPSA) is 21.8 Å². The molecule has 1 atom stereocenters. The van der Waals surface area contributed by atoms with E-state index < -0.39 is 9.04 Å². The fourth-order valence-electron chi connectivity index (χ4n) is 0.0962. The first-order chi connectivity index (χ1) is 4.16. The third-order valence-electron chi connectivity index (χ3n) is 0.971. The Morgan fingerprint density at radius 1 is 1.67 bits per heavy atom. The normalized spacial score (nSPS) is 23.3. The Labute approximate surface area is 61.8 Å². The molecule has 0 radical (unpaired) electrons. The molecule has 0 N–H and O–H groups in total. The lowest BCUT2D eigenvalue weighted by Crippen LogP contribution is -2.02. The van der Waals surface area contributed by atoms with Gasteiger partial charge in [0.2, 0.25) is 0 Å². The van der Waals surface area contributed by atoms with Crippen LogP contribution in [0.4, 0.5) is 0 Å². The molecule has 0 aromatic carbocycles. The van der Waals surface area contributed by atoms with Gasteiger partial charge in [-0.3, -0.25) is 0 Å². The van der Waals surface area contributed by atoms with Crippen molar-refractivity contribution in [3.8, 4) is 0 Å². The molecule has 0 aliphatic carbocycles. The van der Waals surface area contributed by atoms with Gasteiger partial charge in [-0.1, -0.05) is 0 Å². The van der Waals surface area contributed by atoms with Crippen LogP contribution in [0.3, 0.4) is 0 Å². The van der Waals surface area contributed by atoms with Crippen LogP contribution < -0.4 is 0 Å². The van der Waals surface area contributed by atoms with Crippen LogP contribution in [-0.2, 0) is 8.85 Å². The summed E-state index contributed by atoms with van der Waals surface area (Å²) in [6.07, 6.45) is 0.583. The predicted molar refractivity (Wildman–Crippen MR) is 45.3 cm³/mol. The quantitative estimate of drug-likeness (QED) is 0.391. The Morgan fingerprint density at radius 2 is 1.89 bits per heavy atom. The molecule has 1 heterocycles. The number of hydrogen-bond donors (Lipinski definition) is 0. The van der Waals surface area contributed by atoms with Crippen molar-refractivity contribution in [2.45, 2.75) is 26.1 Å². The number of ether oxygens (including phenoxy) is 1. The predicted octanol–water partition coefficient (Wildman–Crippen LogP) is -0.328. The van der Waals surface area contributed by atoms with E-state index in [1.807, 2.05) is 0 Å². The van der Waals surface area contributed by atoms with Crippen molar-refractivity contribution >= 4 is 19.5 Å². The van der Waals surface area contributed by atoms with Gasteiger partial charge in [-0.15, -0.1) is 0 Å². The smallest absolute Gasteiger partial charge is 0.156 e. The summed E-state index contributed by atoms with van der Waals surface area (Å²) in [7, 11) is 0.347. The van der Waals surface area contributed by atoms with Gasteiger partial charge in [0.25, 0.3) is 0 Å². The molecule has 0 bridgehead atoms. The van der Waals surface area contributed by atoms with Crippen molar-refractivity contribution in [3.63, 3.8) is 0 Å². The standard InChI is InChI=1S/C3H6O.C2H10OSi2/c1-3-2-4-3;1-5(2)3-4/h3H,2H2,1H3;5H,1-2,4H3. The molecule has 1 aliphatic heterocycles. The fraction of sp³-hybridized carbons (Fsp3) is 1.00. The average Bonchev–Trinajstić information content (AvgIpc) is 2.53. The van der Waals surface area contributed by atoms with Gasteiger partial charge >= 0.3 is 0 Å². The molecule has 2 nitrogen and oxygen atoms in total. The first-order valence-corrected chi connectivity index (χ1v) is 6.91. The Morgan fingerprint density at radius 3 is 1.89 bits per heavy atom. The molecule has 1 aliphatic rings. The largest absolute Gasteiger partial charge is 0.466 e. The fourth-order valence-corrected chi connectivity index (χ4v) is 0.0962. The lowest BCUT2D eigenvalue weighted by molar-refractivity contribution is 0.423. The van der Waals surface area contributed by atoms with Crippen molar-refractivity contribution < 1.29 is 8.85 Å². The molecule has 9 heavy (non-hydrogen) atoms. The second-order valence-electron chi connectivity index (χ2n) is 2.43. The van der Waals surface area contributed by atoms with Crippen molar-refractivity contribution in [1.29, 1.82) is 0 Å². The minimum atomic E-state index is -0.588. The number of rotatable bonds is 1. The van der Waals surface area contributed by atoms with Crippen LogP contribution >= 0.6 is 0 Å². The van der Waals surface area contributed by atoms with Crippen molar-refractivity contribution in [2.75, 3.05) is 6.61 Å². The maximum Gasteiger partial charge on any atom is 0.156 e. The zero-order chi connectivity index (χ0) is 7.28. The highest BCUT2D eigenvalue weighted by Gasteiger charge is 2.13. The zero-order valence-corrected chi connectivity index (χ0v) is 9.83. The molecule has 0 amide bonds. The highest BCUT2D eigenvalue weighted by molar-refractivity contribution is 6.52. The lowest BCUT2D eigenvalue weighted by Gasteiger charge is -1.93. The Bertz CT molecular complexity index is 64.0. The summed E-state index contributed by atoms with van der Waals surface area (Å²) < 4.78 is 9.74. The van der Waals surface area contributed by atoms with Crippen LogP contribution in [0.25, 0.3) is 0 Å². The molecule has 56 valence electrons. The van der Waals surface area contributed by atoms with Gasteiger partial charge in [0.15, 0.2) is 9.04 Å². The van der Waals surface area contributed by atoms with E-state index in [1.54, 1.807) is 0 Å². The van der Waals surface area contributed by atoms with E-state index in [0.29, 0.717) is 6.10 Å². The molecule has 1 unspecified atom stereocenters. The first-order valence-electron chi connectivity index (χ1n) is 3.31. The maximum absolute atomic E-state index is 5.03. The van der Waals surface area contributed by atoms with E-state index in [-0.39, 0.29) is 0 Å². The number of hydrogen-bond acceptors (Lipinski definition) is 2. The third-order valence-corrected chi connectivity index (χ3v) is 4.74. The highest BCUT2D eigenvalue weighted by atomic mass is 28.3. The van der Waals surface area contributed by atoms with Gasteiger partial charge in [-0.2, -0.15) is 0 Å². The van der Waals surface area contributed by atoms with Gasteiger partial charge in [0, 0.05) is 0 Å². The van der Waals surface area contributed by atoms with Gasteiger partial charge in [-0.05, 0) is 20.0 Å². The van der Waals surface area contributed by atoms with Crippen LogP contribution in [0, 0.1) is 0 Å². The molecule has 1 rings (SSSR count). The summed E-state index contributed by atoms with van der Waals surface area (Å²) in [4.78, 5) is 0. The van der Waals surface area contributed by atoms with Crippen LogP contribution in [0.5, 0.6) is 0 Å². The summed E-state index contributed by atoms with van der Waals surface area (Å²) in [5.74, 6) is 0. The third kappa shape index (κ3) is 11.8. The van der Waals surface area contributed by atoms with E-state index in [9.17, 15) is 0 Å². The molecule has 0 spiro atoms. The van der Waals surface area contributed by atoms with E-state index in [4.69, 9.17) is 8.85 Å². The molecule has 4 heteroatoms. The van der Waals surface area contributed by atoms with Crippen LogP contribution in [-0.4, -0.2) is 32.2 Å². The molecule has 0 aromatic rings. The molecule has 1 fully saturated rings. The SMILES string of the molecule is CC1CO1.C[SiH](C)O[SiH3]. The van der Waals surface area contributed by atoms with Gasteiger partial charge in [0.05, 0.1) is 12.7 Å². The van der Waals surface area contributed by atoms with E-state index in [2.05, 4.69) is 20.0 Å². The van der Waals surface area contributed by atoms with Gasteiger partial charge in [0.1, 0.15) is 10.5 Å². The van der Waals surface area contributed by atoms with E-state index in [1.165, 1.54) is 0 Å². The van der Waals surface area contributed by atoms with Gasteiger partial charge < -0.3 is 8.85 Å². The molecule has 0 saturated carbocycles. The molecular formula is C5H16O2Si2. The van der Waals surface area contributed by atoms with Crippen molar-refractivity contribution in [1.82, 2.24) is 0 Å². The molecule has 1 saturated heterocycles. The summed E-state index contributed by atoms with van der Waals surface area (Å²) in [6.45, 7) is 7.39. The molecule has 0 aromatic heterocycles. The average molecular weight is 164 g/mol. The zero-order valence-electron chi connectivity index (χ0n) is 6.68.